The van der Waals surface area contributed by atoms with Crippen molar-refractivity contribution in [3.63, 3.8) is 0 Å². The number of aryl methyl sites for hydroxylation is 3. The van der Waals surface area contributed by atoms with Crippen molar-refractivity contribution in [2.75, 3.05) is 11.1 Å². The smallest absolute Gasteiger partial charge is 0.268 e. The van der Waals surface area contributed by atoms with E-state index in [0.29, 0.717) is 17.0 Å². The number of carbonyl (C=O) groups is 1. The Balaban J connectivity index is 1.58. The highest BCUT2D eigenvalue weighted by Gasteiger charge is 2.26. The van der Waals surface area contributed by atoms with Crippen molar-refractivity contribution in [2.45, 2.75) is 56.0 Å². The van der Waals surface area contributed by atoms with Crippen LogP contribution in [0.15, 0.2) is 57.3 Å². The second-order valence-corrected chi connectivity index (χ2v) is 10.7. The summed E-state index contributed by atoms with van der Waals surface area (Å²) in [6.07, 6.45) is 0.781. The number of thioether (sulfide) groups is 2. The molecule has 1 aliphatic rings. The third-order valence-corrected chi connectivity index (χ3v) is 7.61. The molecule has 2 aromatic carbocycles. The molecule has 0 spiro atoms. The number of fused-ring (bicyclic) bond motifs is 1. The second kappa shape index (κ2) is 9.55. The Morgan fingerprint density at radius 3 is 2.56 bits per heavy atom. The fourth-order valence-corrected chi connectivity index (χ4v) is 5.96. The van der Waals surface area contributed by atoms with E-state index in [2.05, 4.69) is 24.4 Å². The summed E-state index contributed by atoms with van der Waals surface area (Å²) in [6.45, 7) is 8.60. The van der Waals surface area contributed by atoms with Crippen LogP contribution >= 0.6 is 23.5 Å². The number of rotatable bonds is 6. The molecule has 32 heavy (non-hydrogen) atoms. The number of amides is 1. The van der Waals surface area contributed by atoms with Crippen molar-refractivity contribution in [2.24, 2.45) is 0 Å². The van der Waals surface area contributed by atoms with Gasteiger partial charge >= 0.3 is 0 Å². The van der Waals surface area contributed by atoms with Gasteiger partial charge in [-0.2, -0.15) is 0 Å². The standard InChI is InChI=1S/C25H27N3O2S2/c1-15-10-16(2)22(17(3)11-15)27-21(29)14-31-25-26-20-12-18(4)32-23(20)24(30)28(25)13-19-8-6-5-7-9-19/h5-11,18H,12-14H2,1-4H3,(H,27,29)/t18-/m0/s1. The van der Waals surface area contributed by atoms with Gasteiger partial charge in [0.2, 0.25) is 5.91 Å². The minimum Gasteiger partial charge on any atom is -0.325 e. The third kappa shape index (κ3) is 4.94. The first-order valence-electron chi connectivity index (χ1n) is 10.7. The van der Waals surface area contributed by atoms with Crippen molar-refractivity contribution >= 4 is 35.1 Å². The second-order valence-electron chi connectivity index (χ2n) is 8.29. The molecule has 0 fully saturated rings. The van der Waals surface area contributed by atoms with E-state index in [1.165, 1.54) is 17.3 Å². The number of carbonyl (C=O) groups excluding carboxylic acids is 1. The van der Waals surface area contributed by atoms with Gasteiger partial charge in [-0.1, -0.05) is 66.7 Å². The Hall–Kier alpha value is -2.51. The number of aromatic nitrogens is 2. The Labute approximate surface area is 197 Å². The van der Waals surface area contributed by atoms with E-state index in [0.717, 1.165) is 39.4 Å². The molecule has 7 heteroatoms. The highest BCUT2D eigenvalue weighted by atomic mass is 32.2. The van der Waals surface area contributed by atoms with Gasteiger partial charge in [-0.25, -0.2) is 4.98 Å². The summed E-state index contributed by atoms with van der Waals surface area (Å²) in [6, 6.07) is 14.0. The van der Waals surface area contributed by atoms with E-state index >= 15 is 0 Å². The van der Waals surface area contributed by atoms with Crippen LogP contribution in [0.1, 0.15) is 34.9 Å². The zero-order chi connectivity index (χ0) is 22.8. The molecule has 0 unspecified atom stereocenters. The van der Waals surface area contributed by atoms with Crippen LogP contribution in [-0.2, 0) is 17.8 Å². The minimum atomic E-state index is -0.103. The summed E-state index contributed by atoms with van der Waals surface area (Å²) in [5, 5.41) is 3.98. The fourth-order valence-electron chi connectivity index (χ4n) is 4.03. The maximum absolute atomic E-state index is 13.3. The monoisotopic (exact) mass is 465 g/mol. The SMILES string of the molecule is Cc1cc(C)c(NC(=O)CSc2nc3c(c(=O)n2Cc2ccccc2)S[C@@H](C)C3)c(C)c1. The van der Waals surface area contributed by atoms with Crippen LogP contribution in [0.4, 0.5) is 5.69 Å². The number of nitrogens with zero attached hydrogens (tertiary/aromatic N) is 2. The third-order valence-electron chi connectivity index (χ3n) is 5.42. The number of nitrogens with one attached hydrogen (secondary N) is 1. The van der Waals surface area contributed by atoms with Gasteiger partial charge in [-0.15, -0.1) is 11.8 Å². The number of anilines is 1. The van der Waals surface area contributed by atoms with Gasteiger partial charge in [-0.05, 0) is 37.5 Å². The summed E-state index contributed by atoms with van der Waals surface area (Å²) < 4.78 is 1.71. The molecule has 2 heterocycles. The average Bonchev–Trinajstić information content (AvgIpc) is 3.13. The fraction of sp³-hybridized carbons (Fsp3) is 0.320. The molecule has 166 valence electrons. The number of benzene rings is 2. The van der Waals surface area contributed by atoms with Crippen molar-refractivity contribution in [3.8, 4) is 0 Å². The van der Waals surface area contributed by atoms with Crippen molar-refractivity contribution in [3.05, 3.63) is 80.8 Å². The molecule has 4 rings (SSSR count). The van der Waals surface area contributed by atoms with E-state index < -0.39 is 0 Å². The largest absolute Gasteiger partial charge is 0.325 e. The van der Waals surface area contributed by atoms with Crippen LogP contribution in [0.3, 0.4) is 0 Å². The molecule has 0 radical (unpaired) electrons. The normalized spacial score (nSPS) is 14.9. The molecule has 1 aromatic heterocycles. The van der Waals surface area contributed by atoms with Crippen LogP contribution < -0.4 is 10.9 Å². The topological polar surface area (TPSA) is 64.0 Å². The minimum absolute atomic E-state index is 0.0127. The van der Waals surface area contributed by atoms with Gasteiger partial charge in [0.05, 0.1) is 22.9 Å². The molecule has 1 aliphatic heterocycles. The molecule has 5 nitrogen and oxygen atoms in total. The van der Waals surface area contributed by atoms with E-state index in [1.54, 1.807) is 16.3 Å². The van der Waals surface area contributed by atoms with Gasteiger partial charge in [0, 0.05) is 17.4 Å². The molecular formula is C25H27N3O2S2. The summed E-state index contributed by atoms with van der Waals surface area (Å²) in [5.41, 5.74) is 5.99. The van der Waals surface area contributed by atoms with Crippen LogP contribution in [0.2, 0.25) is 0 Å². The van der Waals surface area contributed by atoms with E-state index in [4.69, 9.17) is 4.98 Å². The van der Waals surface area contributed by atoms with Crippen LogP contribution in [-0.4, -0.2) is 26.5 Å². The Morgan fingerprint density at radius 2 is 1.88 bits per heavy atom. The lowest BCUT2D eigenvalue weighted by Gasteiger charge is -2.15. The molecule has 1 N–H and O–H groups in total. The van der Waals surface area contributed by atoms with E-state index in [1.807, 2.05) is 51.1 Å². The van der Waals surface area contributed by atoms with Gasteiger partial charge in [0.25, 0.3) is 5.56 Å². The molecule has 0 bridgehead atoms. The van der Waals surface area contributed by atoms with Gasteiger partial charge < -0.3 is 5.32 Å². The lowest BCUT2D eigenvalue weighted by atomic mass is 10.1. The summed E-state index contributed by atoms with van der Waals surface area (Å²) >= 11 is 2.92. The van der Waals surface area contributed by atoms with Crippen LogP contribution in [0, 0.1) is 20.8 Å². The highest BCUT2D eigenvalue weighted by Crippen LogP contribution is 2.34. The molecule has 1 amide bonds. The first-order valence-corrected chi connectivity index (χ1v) is 12.5. The van der Waals surface area contributed by atoms with Crippen molar-refractivity contribution < 1.29 is 4.79 Å². The first-order chi connectivity index (χ1) is 15.3. The number of hydrogen-bond donors (Lipinski definition) is 1. The molecule has 0 aliphatic carbocycles. The van der Waals surface area contributed by atoms with Crippen molar-refractivity contribution in [1.29, 1.82) is 0 Å². The zero-order valence-electron chi connectivity index (χ0n) is 18.8. The average molecular weight is 466 g/mol. The predicted octanol–water partition coefficient (Wildman–Crippen LogP) is 4.98. The Morgan fingerprint density at radius 1 is 1.19 bits per heavy atom. The summed E-state index contributed by atoms with van der Waals surface area (Å²) in [5.74, 6) is 0.0870. The predicted molar refractivity (Wildman–Crippen MR) is 133 cm³/mol. The molecule has 0 saturated heterocycles. The van der Waals surface area contributed by atoms with Gasteiger partial charge in [0.1, 0.15) is 0 Å². The lowest BCUT2D eigenvalue weighted by Crippen LogP contribution is -2.26. The van der Waals surface area contributed by atoms with Crippen LogP contribution in [0.25, 0.3) is 0 Å². The van der Waals surface area contributed by atoms with Gasteiger partial charge in [0.15, 0.2) is 5.16 Å². The highest BCUT2D eigenvalue weighted by molar-refractivity contribution is 8.00. The van der Waals surface area contributed by atoms with E-state index in [-0.39, 0.29) is 17.2 Å². The molecule has 3 aromatic rings. The maximum Gasteiger partial charge on any atom is 0.268 e. The van der Waals surface area contributed by atoms with Gasteiger partial charge in [-0.3, -0.25) is 14.2 Å². The molecular weight excluding hydrogens is 438 g/mol. The first kappa shape index (κ1) is 22.7. The zero-order valence-corrected chi connectivity index (χ0v) is 20.4. The quantitative estimate of drug-likeness (QED) is 0.411. The lowest BCUT2D eigenvalue weighted by molar-refractivity contribution is -0.113. The Kier molecular flexibility index (Phi) is 6.76. The van der Waals surface area contributed by atoms with E-state index in [9.17, 15) is 9.59 Å². The van der Waals surface area contributed by atoms with Crippen LogP contribution in [0.5, 0.6) is 0 Å². The summed E-state index contributed by atoms with van der Waals surface area (Å²) in [7, 11) is 0. The number of hydrogen-bond acceptors (Lipinski definition) is 5. The Bertz CT molecular complexity index is 1200. The maximum atomic E-state index is 13.3. The van der Waals surface area contributed by atoms with Crippen molar-refractivity contribution in [1.82, 2.24) is 9.55 Å². The summed E-state index contributed by atoms with van der Waals surface area (Å²) in [4.78, 5) is 31.6. The molecule has 1 atom stereocenters. The molecule has 0 saturated carbocycles.